The summed E-state index contributed by atoms with van der Waals surface area (Å²) < 4.78 is 12.3. The summed E-state index contributed by atoms with van der Waals surface area (Å²) in [4.78, 5) is 1.27. The molecule has 1 atom stereocenters. The van der Waals surface area contributed by atoms with Crippen LogP contribution in [0.3, 0.4) is 0 Å². The van der Waals surface area contributed by atoms with Crippen molar-refractivity contribution in [3.8, 4) is 11.5 Å². The average Bonchev–Trinajstić information content (AvgIpc) is 3.34. The van der Waals surface area contributed by atoms with Gasteiger partial charge in [0, 0.05) is 24.8 Å². The van der Waals surface area contributed by atoms with Crippen molar-refractivity contribution in [2.24, 2.45) is 11.0 Å². The molecule has 0 bridgehead atoms. The summed E-state index contributed by atoms with van der Waals surface area (Å²) in [5.41, 5.74) is 2.05. The highest BCUT2D eigenvalue weighted by Gasteiger charge is 2.52. The maximum atomic E-state index is 6.71. The molecule has 2 aromatic rings. The SMILES string of the molecule is COc1cccc2c1OC1(CCC(C)CC1)N1N=C(c3cccs3)CC21. The minimum atomic E-state index is -0.335. The molecule has 5 rings (SSSR count). The first kappa shape index (κ1) is 16.2. The summed E-state index contributed by atoms with van der Waals surface area (Å²) in [6.07, 6.45) is 5.32. The van der Waals surface area contributed by atoms with Crippen molar-refractivity contribution in [1.82, 2.24) is 5.01 Å². The van der Waals surface area contributed by atoms with Crippen LogP contribution in [0.4, 0.5) is 0 Å². The Morgan fingerprint density at radius 2 is 2.08 bits per heavy atom. The lowest BCUT2D eigenvalue weighted by atomic mass is 9.82. The first-order valence-electron chi connectivity index (χ1n) is 9.47. The fraction of sp³-hybridized carbons (Fsp3) is 0.476. The molecule has 0 saturated heterocycles. The number of hydrogen-bond donors (Lipinski definition) is 0. The van der Waals surface area contributed by atoms with E-state index in [0.717, 1.165) is 36.7 Å². The fourth-order valence-electron chi connectivity index (χ4n) is 4.57. The lowest BCUT2D eigenvalue weighted by molar-refractivity contribution is -0.146. The lowest BCUT2D eigenvalue weighted by Gasteiger charge is -2.50. The number of nitrogens with zero attached hydrogens (tertiary/aromatic N) is 2. The van der Waals surface area contributed by atoms with Crippen molar-refractivity contribution >= 4 is 17.0 Å². The van der Waals surface area contributed by atoms with E-state index in [0.29, 0.717) is 0 Å². The van der Waals surface area contributed by atoms with Crippen molar-refractivity contribution in [2.75, 3.05) is 7.11 Å². The molecular weight excluding hydrogens is 344 g/mol. The molecule has 0 amide bonds. The van der Waals surface area contributed by atoms with Crippen LogP contribution in [0.15, 0.2) is 40.8 Å². The smallest absolute Gasteiger partial charge is 0.198 e. The van der Waals surface area contributed by atoms with E-state index in [1.807, 2.05) is 6.07 Å². The molecule has 5 heteroatoms. The number of para-hydroxylation sites is 1. The lowest BCUT2D eigenvalue weighted by Crippen LogP contribution is -2.55. The molecule has 1 spiro atoms. The highest BCUT2D eigenvalue weighted by molar-refractivity contribution is 7.12. The third-order valence-corrected chi connectivity index (χ3v) is 6.99. The van der Waals surface area contributed by atoms with Crippen LogP contribution < -0.4 is 9.47 Å². The van der Waals surface area contributed by atoms with Gasteiger partial charge in [0.05, 0.1) is 23.7 Å². The van der Waals surface area contributed by atoms with Crippen LogP contribution in [-0.2, 0) is 0 Å². The Labute approximate surface area is 158 Å². The van der Waals surface area contributed by atoms with E-state index < -0.39 is 0 Å². The molecular formula is C21H24N2O2S. The van der Waals surface area contributed by atoms with Gasteiger partial charge in [-0.25, -0.2) is 5.01 Å². The quantitative estimate of drug-likeness (QED) is 0.730. The third-order valence-electron chi connectivity index (χ3n) is 6.07. The number of methoxy groups -OCH3 is 1. The van der Waals surface area contributed by atoms with Crippen molar-refractivity contribution in [1.29, 1.82) is 0 Å². The minimum Gasteiger partial charge on any atom is -0.493 e. The zero-order valence-electron chi connectivity index (χ0n) is 15.3. The fourth-order valence-corrected chi connectivity index (χ4v) is 5.29. The molecule has 0 N–H and O–H groups in total. The summed E-state index contributed by atoms with van der Waals surface area (Å²) >= 11 is 1.77. The summed E-state index contributed by atoms with van der Waals surface area (Å²) in [6, 6.07) is 10.7. The van der Waals surface area contributed by atoms with Crippen LogP contribution in [0.25, 0.3) is 0 Å². The third kappa shape index (κ3) is 2.37. The largest absolute Gasteiger partial charge is 0.493 e. The summed E-state index contributed by atoms with van der Waals surface area (Å²) in [6.45, 7) is 2.34. The van der Waals surface area contributed by atoms with E-state index in [-0.39, 0.29) is 11.8 Å². The Bertz CT molecular complexity index is 838. The van der Waals surface area contributed by atoms with Gasteiger partial charge < -0.3 is 9.47 Å². The van der Waals surface area contributed by atoms with Gasteiger partial charge >= 0.3 is 0 Å². The van der Waals surface area contributed by atoms with Gasteiger partial charge in [0.2, 0.25) is 0 Å². The van der Waals surface area contributed by atoms with Crippen LogP contribution in [0.1, 0.15) is 55.5 Å². The normalized spacial score (nSPS) is 29.8. The second kappa shape index (κ2) is 6.02. The van der Waals surface area contributed by atoms with E-state index >= 15 is 0 Å². The molecule has 0 radical (unpaired) electrons. The van der Waals surface area contributed by atoms with Crippen LogP contribution in [0.5, 0.6) is 11.5 Å². The van der Waals surface area contributed by atoms with Crippen LogP contribution in [0, 0.1) is 5.92 Å². The second-order valence-electron chi connectivity index (χ2n) is 7.70. The Balaban J connectivity index is 1.62. The molecule has 2 aliphatic heterocycles. The summed E-state index contributed by atoms with van der Waals surface area (Å²) in [5.74, 6) is 2.52. The van der Waals surface area contributed by atoms with Crippen molar-refractivity contribution < 1.29 is 9.47 Å². The molecule has 1 aromatic carbocycles. The first-order chi connectivity index (χ1) is 12.7. The Morgan fingerprint density at radius 1 is 1.23 bits per heavy atom. The topological polar surface area (TPSA) is 34.1 Å². The van der Waals surface area contributed by atoms with Gasteiger partial charge in [0.15, 0.2) is 17.2 Å². The predicted octanol–water partition coefficient (Wildman–Crippen LogP) is 5.21. The van der Waals surface area contributed by atoms with Crippen LogP contribution in [0.2, 0.25) is 0 Å². The maximum absolute atomic E-state index is 6.71. The van der Waals surface area contributed by atoms with Gasteiger partial charge in [-0.2, -0.15) is 5.10 Å². The number of ether oxygens (including phenoxy) is 2. The molecule has 1 saturated carbocycles. The Hall–Kier alpha value is -2.01. The van der Waals surface area contributed by atoms with Crippen LogP contribution in [-0.4, -0.2) is 23.6 Å². The van der Waals surface area contributed by atoms with E-state index in [1.54, 1.807) is 18.4 Å². The highest BCUT2D eigenvalue weighted by Crippen LogP contribution is 2.54. The van der Waals surface area contributed by atoms with Crippen molar-refractivity contribution in [3.63, 3.8) is 0 Å². The van der Waals surface area contributed by atoms with Gasteiger partial charge in [-0.15, -0.1) is 11.3 Å². The monoisotopic (exact) mass is 368 g/mol. The first-order valence-corrected chi connectivity index (χ1v) is 10.3. The highest BCUT2D eigenvalue weighted by atomic mass is 32.1. The zero-order chi connectivity index (χ0) is 17.7. The molecule has 1 fully saturated rings. The number of hydrogen-bond acceptors (Lipinski definition) is 5. The standard InChI is InChI=1S/C21H24N2O2S/c1-14-8-10-21(11-9-14)23-17(13-16(22-23)19-7-4-12-26-19)15-5-3-6-18(24-2)20(15)25-21/h3-7,12,14,17H,8-11,13H2,1-2H3. The number of fused-ring (bicyclic) bond motifs is 4. The van der Waals surface area contributed by atoms with E-state index in [9.17, 15) is 0 Å². The van der Waals surface area contributed by atoms with E-state index in [1.165, 1.54) is 29.0 Å². The van der Waals surface area contributed by atoms with Gasteiger partial charge in [-0.05, 0) is 36.3 Å². The Kier molecular flexibility index (Phi) is 3.74. The van der Waals surface area contributed by atoms with Crippen molar-refractivity contribution in [2.45, 2.75) is 50.8 Å². The molecule has 26 heavy (non-hydrogen) atoms. The van der Waals surface area contributed by atoms with E-state index in [2.05, 4.69) is 41.6 Å². The number of hydrazone groups is 1. The maximum Gasteiger partial charge on any atom is 0.198 e. The molecule has 3 aliphatic rings. The number of benzene rings is 1. The molecule has 1 aliphatic carbocycles. The molecule has 4 nitrogen and oxygen atoms in total. The minimum absolute atomic E-state index is 0.236. The number of thiophene rings is 1. The molecule has 136 valence electrons. The van der Waals surface area contributed by atoms with Gasteiger partial charge in [-0.3, -0.25) is 0 Å². The average molecular weight is 369 g/mol. The molecule has 1 unspecified atom stereocenters. The van der Waals surface area contributed by atoms with E-state index in [4.69, 9.17) is 14.6 Å². The number of rotatable bonds is 2. The Morgan fingerprint density at radius 3 is 2.81 bits per heavy atom. The van der Waals surface area contributed by atoms with Gasteiger partial charge in [0.25, 0.3) is 0 Å². The summed E-state index contributed by atoms with van der Waals surface area (Å²) in [7, 11) is 1.73. The molecule has 3 heterocycles. The van der Waals surface area contributed by atoms with Gasteiger partial charge in [-0.1, -0.05) is 25.1 Å². The van der Waals surface area contributed by atoms with Crippen molar-refractivity contribution in [3.05, 3.63) is 46.2 Å². The van der Waals surface area contributed by atoms with Gasteiger partial charge in [0.1, 0.15) is 0 Å². The second-order valence-corrected chi connectivity index (χ2v) is 8.65. The summed E-state index contributed by atoms with van der Waals surface area (Å²) in [5, 5.41) is 9.52. The van der Waals surface area contributed by atoms with Crippen LogP contribution >= 0.6 is 11.3 Å². The molecule has 1 aromatic heterocycles. The predicted molar refractivity (Wildman–Crippen MR) is 104 cm³/mol. The zero-order valence-corrected chi connectivity index (χ0v) is 16.1.